The van der Waals surface area contributed by atoms with Crippen molar-refractivity contribution in [2.75, 3.05) is 6.54 Å². The first-order valence-corrected chi connectivity index (χ1v) is 5.00. The average Bonchev–Trinajstić information content (AvgIpc) is 2.02. The molecule has 1 atom stereocenters. The first-order chi connectivity index (χ1) is 5.58. The number of nitrogens with one attached hydrogen (secondary N) is 1. The highest BCUT2D eigenvalue weighted by Crippen LogP contribution is 2.20. The van der Waals surface area contributed by atoms with Crippen LogP contribution in [0.1, 0.15) is 46.0 Å². The number of hydrogen-bond donors (Lipinski definition) is 1. The van der Waals surface area contributed by atoms with E-state index in [1.54, 1.807) is 13.8 Å². The van der Waals surface area contributed by atoms with E-state index in [-0.39, 0.29) is 0 Å². The standard InChI is InChI=1S/C10H20FN/c1-10(2,11)7-6-9-5-3-4-8-12-9/h9,12H,3-8H2,1-2H3. The lowest BCUT2D eigenvalue weighted by molar-refractivity contribution is 0.184. The van der Waals surface area contributed by atoms with Crippen molar-refractivity contribution in [1.82, 2.24) is 5.32 Å². The molecule has 1 rings (SSSR count). The number of hydrogen-bond acceptors (Lipinski definition) is 1. The highest BCUT2D eigenvalue weighted by molar-refractivity contribution is 4.76. The zero-order valence-corrected chi connectivity index (χ0v) is 8.20. The van der Waals surface area contributed by atoms with Gasteiger partial charge in [0.2, 0.25) is 0 Å². The maximum absolute atomic E-state index is 13.1. The molecule has 0 bridgehead atoms. The summed E-state index contributed by atoms with van der Waals surface area (Å²) in [6, 6.07) is 0.578. The quantitative estimate of drug-likeness (QED) is 0.692. The molecule has 0 aromatic rings. The minimum absolute atomic E-state index is 0.578. The second kappa shape index (κ2) is 4.22. The number of piperidine rings is 1. The van der Waals surface area contributed by atoms with Gasteiger partial charge in [-0.15, -0.1) is 0 Å². The molecule has 1 aliphatic rings. The zero-order chi connectivity index (χ0) is 9.03. The summed E-state index contributed by atoms with van der Waals surface area (Å²) in [7, 11) is 0. The van der Waals surface area contributed by atoms with Gasteiger partial charge < -0.3 is 5.32 Å². The van der Waals surface area contributed by atoms with Gasteiger partial charge in [0.1, 0.15) is 5.67 Å². The first-order valence-electron chi connectivity index (χ1n) is 5.00. The number of rotatable bonds is 3. The Balaban J connectivity index is 2.13. The molecule has 1 saturated heterocycles. The molecule has 0 aliphatic carbocycles. The molecule has 72 valence electrons. The molecule has 1 heterocycles. The van der Waals surface area contributed by atoms with Crippen LogP contribution in [0.15, 0.2) is 0 Å². The fourth-order valence-corrected chi connectivity index (χ4v) is 1.69. The summed E-state index contributed by atoms with van der Waals surface area (Å²) in [5, 5.41) is 3.42. The van der Waals surface area contributed by atoms with Crippen LogP contribution in [0.4, 0.5) is 4.39 Å². The Kier molecular flexibility index (Phi) is 3.51. The van der Waals surface area contributed by atoms with E-state index in [0.717, 1.165) is 13.0 Å². The molecule has 1 N–H and O–H groups in total. The van der Waals surface area contributed by atoms with Gasteiger partial charge in [-0.2, -0.15) is 0 Å². The maximum Gasteiger partial charge on any atom is 0.105 e. The van der Waals surface area contributed by atoms with Gasteiger partial charge in [0.25, 0.3) is 0 Å². The molecule has 1 unspecified atom stereocenters. The van der Waals surface area contributed by atoms with Gasteiger partial charge in [0.15, 0.2) is 0 Å². The van der Waals surface area contributed by atoms with E-state index >= 15 is 0 Å². The van der Waals surface area contributed by atoms with Crippen LogP contribution in [0, 0.1) is 0 Å². The molecule has 2 heteroatoms. The summed E-state index contributed by atoms with van der Waals surface area (Å²) in [6.07, 6.45) is 5.50. The smallest absolute Gasteiger partial charge is 0.105 e. The van der Waals surface area contributed by atoms with Crippen LogP contribution in [-0.2, 0) is 0 Å². The first kappa shape index (κ1) is 9.97. The Bertz CT molecular complexity index is 122. The van der Waals surface area contributed by atoms with Crippen molar-refractivity contribution >= 4 is 0 Å². The molecule has 0 radical (unpaired) electrons. The maximum atomic E-state index is 13.1. The van der Waals surface area contributed by atoms with Crippen molar-refractivity contribution in [1.29, 1.82) is 0 Å². The molecule has 0 aromatic carbocycles. The summed E-state index contributed by atoms with van der Waals surface area (Å²) in [5.41, 5.74) is -0.987. The van der Waals surface area contributed by atoms with Crippen molar-refractivity contribution < 1.29 is 4.39 Å². The summed E-state index contributed by atoms with van der Waals surface area (Å²) in [5.74, 6) is 0. The van der Waals surface area contributed by atoms with Crippen LogP contribution in [-0.4, -0.2) is 18.3 Å². The second-order valence-corrected chi connectivity index (χ2v) is 4.40. The van der Waals surface area contributed by atoms with Crippen molar-refractivity contribution in [3.8, 4) is 0 Å². The normalized spacial score (nSPS) is 25.8. The number of halogens is 1. The van der Waals surface area contributed by atoms with E-state index in [4.69, 9.17) is 0 Å². The minimum atomic E-state index is -0.987. The lowest BCUT2D eigenvalue weighted by Crippen LogP contribution is -2.35. The third kappa shape index (κ3) is 4.05. The predicted molar refractivity (Wildman–Crippen MR) is 50.1 cm³/mol. The monoisotopic (exact) mass is 173 g/mol. The van der Waals surface area contributed by atoms with Crippen molar-refractivity contribution in [3.63, 3.8) is 0 Å². The Morgan fingerprint density at radius 3 is 2.67 bits per heavy atom. The molecule has 0 amide bonds. The fourth-order valence-electron chi connectivity index (χ4n) is 1.69. The van der Waals surface area contributed by atoms with Gasteiger partial charge in [-0.25, -0.2) is 4.39 Å². The summed E-state index contributed by atoms with van der Waals surface area (Å²) in [4.78, 5) is 0. The summed E-state index contributed by atoms with van der Waals surface area (Å²) < 4.78 is 13.1. The van der Waals surface area contributed by atoms with Gasteiger partial charge in [0, 0.05) is 6.04 Å². The molecular weight excluding hydrogens is 153 g/mol. The average molecular weight is 173 g/mol. The molecule has 0 saturated carbocycles. The van der Waals surface area contributed by atoms with Gasteiger partial charge in [-0.3, -0.25) is 0 Å². The van der Waals surface area contributed by atoms with Crippen LogP contribution < -0.4 is 5.32 Å². The van der Waals surface area contributed by atoms with E-state index in [1.807, 2.05) is 0 Å². The third-order valence-corrected chi connectivity index (χ3v) is 2.50. The number of alkyl halides is 1. The summed E-state index contributed by atoms with van der Waals surface area (Å²) >= 11 is 0. The van der Waals surface area contributed by atoms with Crippen LogP contribution in [0.3, 0.4) is 0 Å². The molecule has 0 spiro atoms. The van der Waals surface area contributed by atoms with Gasteiger partial charge in [-0.05, 0) is 46.1 Å². The van der Waals surface area contributed by atoms with E-state index < -0.39 is 5.67 Å². The minimum Gasteiger partial charge on any atom is -0.314 e. The van der Waals surface area contributed by atoms with Gasteiger partial charge >= 0.3 is 0 Å². The summed E-state index contributed by atoms with van der Waals surface area (Å²) in [6.45, 7) is 4.45. The van der Waals surface area contributed by atoms with Crippen LogP contribution in [0.25, 0.3) is 0 Å². The Morgan fingerprint density at radius 2 is 2.17 bits per heavy atom. The highest BCUT2D eigenvalue weighted by atomic mass is 19.1. The lowest BCUT2D eigenvalue weighted by atomic mass is 9.95. The van der Waals surface area contributed by atoms with Crippen LogP contribution in [0.2, 0.25) is 0 Å². The molecule has 1 aliphatic heterocycles. The highest BCUT2D eigenvalue weighted by Gasteiger charge is 2.19. The third-order valence-electron chi connectivity index (χ3n) is 2.50. The van der Waals surface area contributed by atoms with Crippen molar-refractivity contribution in [2.45, 2.75) is 57.7 Å². The zero-order valence-electron chi connectivity index (χ0n) is 8.20. The van der Waals surface area contributed by atoms with E-state index in [9.17, 15) is 4.39 Å². The largest absolute Gasteiger partial charge is 0.314 e. The lowest BCUT2D eigenvalue weighted by Gasteiger charge is -2.25. The Hall–Kier alpha value is -0.110. The molecule has 1 nitrogen and oxygen atoms in total. The van der Waals surface area contributed by atoms with Crippen LogP contribution >= 0.6 is 0 Å². The van der Waals surface area contributed by atoms with Crippen molar-refractivity contribution in [3.05, 3.63) is 0 Å². The second-order valence-electron chi connectivity index (χ2n) is 4.40. The predicted octanol–water partition coefficient (Wildman–Crippen LogP) is 2.66. The molecular formula is C10H20FN. The molecule has 0 aromatic heterocycles. The Morgan fingerprint density at radius 1 is 1.42 bits per heavy atom. The molecule has 1 fully saturated rings. The molecule has 12 heavy (non-hydrogen) atoms. The topological polar surface area (TPSA) is 12.0 Å². The Labute approximate surface area is 74.7 Å². The fraction of sp³-hybridized carbons (Fsp3) is 1.00. The van der Waals surface area contributed by atoms with Gasteiger partial charge in [-0.1, -0.05) is 6.42 Å². The SMILES string of the molecule is CC(C)(F)CCC1CCCCN1. The van der Waals surface area contributed by atoms with E-state index in [2.05, 4.69) is 5.32 Å². The van der Waals surface area contributed by atoms with Crippen LogP contribution in [0.5, 0.6) is 0 Å². The van der Waals surface area contributed by atoms with E-state index in [0.29, 0.717) is 12.5 Å². The van der Waals surface area contributed by atoms with E-state index in [1.165, 1.54) is 19.3 Å². The van der Waals surface area contributed by atoms with Gasteiger partial charge in [0.05, 0.1) is 0 Å². The van der Waals surface area contributed by atoms with Crippen molar-refractivity contribution in [2.24, 2.45) is 0 Å².